The first-order valence-corrected chi connectivity index (χ1v) is 7.58. The van der Waals surface area contributed by atoms with E-state index >= 15 is 0 Å². The fourth-order valence-corrected chi connectivity index (χ4v) is 3.38. The second-order valence-electron chi connectivity index (χ2n) is 6.46. The summed E-state index contributed by atoms with van der Waals surface area (Å²) < 4.78 is 5.32. The van der Waals surface area contributed by atoms with E-state index in [0.717, 1.165) is 19.3 Å². The summed E-state index contributed by atoms with van der Waals surface area (Å²) in [5.74, 6) is -1.47. The Bertz CT molecular complexity index is 376. The SMILES string of the molecule is CCC1CC(C(=O)O)C(C(=O)NC2(C)CCOCC2)C1. The van der Waals surface area contributed by atoms with Gasteiger partial charge in [-0.05, 0) is 38.5 Å². The van der Waals surface area contributed by atoms with Crippen LogP contribution in [0.15, 0.2) is 0 Å². The lowest BCUT2D eigenvalue weighted by Crippen LogP contribution is -2.52. The Balaban J connectivity index is 2.01. The number of carbonyl (C=O) groups excluding carboxylic acids is 1. The molecule has 0 aromatic rings. The first kappa shape index (κ1) is 15.3. The van der Waals surface area contributed by atoms with Crippen molar-refractivity contribution in [1.82, 2.24) is 5.32 Å². The topological polar surface area (TPSA) is 75.6 Å². The van der Waals surface area contributed by atoms with E-state index in [0.29, 0.717) is 32.0 Å². The minimum atomic E-state index is -0.835. The van der Waals surface area contributed by atoms with E-state index in [-0.39, 0.29) is 17.4 Å². The zero-order valence-corrected chi connectivity index (χ0v) is 12.4. The number of amides is 1. The lowest BCUT2D eigenvalue weighted by molar-refractivity contribution is -0.146. The molecule has 2 aliphatic rings. The zero-order valence-electron chi connectivity index (χ0n) is 12.4. The van der Waals surface area contributed by atoms with Crippen molar-refractivity contribution in [2.75, 3.05) is 13.2 Å². The molecule has 3 atom stereocenters. The minimum absolute atomic E-state index is 0.0854. The van der Waals surface area contributed by atoms with E-state index in [1.165, 1.54) is 0 Å². The maximum Gasteiger partial charge on any atom is 0.307 e. The summed E-state index contributed by atoms with van der Waals surface area (Å²) in [4.78, 5) is 23.8. The fourth-order valence-electron chi connectivity index (χ4n) is 3.38. The number of hydrogen-bond donors (Lipinski definition) is 2. The molecule has 1 saturated heterocycles. The van der Waals surface area contributed by atoms with Gasteiger partial charge in [0, 0.05) is 18.8 Å². The smallest absolute Gasteiger partial charge is 0.307 e. The van der Waals surface area contributed by atoms with E-state index in [1.807, 2.05) is 6.92 Å². The Morgan fingerprint density at radius 1 is 1.25 bits per heavy atom. The first-order chi connectivity index (χ1) is 9.45. The lowest BCUT2D eigenvalue weighted by Gasteiger charge is -2.35. The third-order valence-corrected chi connectivity index (χ3v) is 4.91. The van der Waals surface area contributed by atoms with Crippen molar-refractivity contribution in [2.24, 2.45) is 17.8 Å². The van der Waals surface area contributed by atoms with Crippen LogP contribution >= 0.6 is 0 Å². The quantitative estimate of drug-likeness (QED) is 0.825. The summed E-state index contributed by atoms with van der Waals surface area (Å²) in [5.41, 5.74) is -0.247. The minimum Gasteiger partial charge on any atom is -0.481 e. The van der Waals surface area contributed by atoms with Crippen molar-refractivity contribution in [2.45, 2.75) is 51.5 Å². The molecular weight excluding hydrogens is 258 g/mol. The molecule has 1 amide bonds. The van der Waals surface area contributed by atoms with Gasteiger partial charge in [0.1, 0.15) is 0 Å². The molecule has 0 radical (unpaired) electrons. The molecule has 0 spiro atoms. The molecule has 5 heteroatoms. The third-order valence-electron chi connectivity index (χ3n) is 4.91. The van der Waals surface area contributed by atoms with Crippen molar-refractivity contribution < 1.29 is 19.4 Å². The highest BCUT2D eigenvalue weighted by Crippen LogP contribution is 2.39. The molecule has 1 heterocycles. The molecule has 2 N–H and O–H groups in total. The van der Waals surface area contributed by atoms with Crippen LogP contribution in [0, 0.1) is 17.8 Å². The number of carbonyl (C=O) groups is 2. The highest BCUT2D eigenvalue weighted by molar-refractivity contribution is 5.85. The van der Waals surface area contributed by atoms with Gasteiger partial charge in [0.05, 0.1) is 11.8 Å². The van der Waals surface area contributed by atoms with Crippen LogP contribution in [0.2, 0.25) is 0 Å². The molecule has 0 bridgehead atoms. The van der Waals surface area contributed by atoms with Crippen LogP contribution in [-0.2, 0) is 14.3 Å². The summed E-state index contributed by atoms with van der Waals surface area (Å²) in [6.45, 7) is 5.39. The highest BCUT2D eigenvalue weighted by atomic mass is 16.5. The van der Waals surface area contributed by atoms with Crippen molar-refractivity contribution in [1.29, 1.82) is 0 Å². The van der Waals surface area contributed by atoms with E-state index in [1.54, 1.807) is 0 Å². The standard InChI is InChI=1S/C15H25NO4/c1-3-10-8-11(12(9-10)14(18)19)13(17)16-15(2)4-6-20-7-5-15/h10-12H,3-9H2,1-2H3,(H,16,17)(H,18,19). The van der Waals surface area contributed by atoms with Crippen LogP contribution in [0.1, 0.15) is 46.0 Å². The molecule has 20 heavy (non-hydrogen) atoms. The molecule has 2 fully saturated rings. The van der Waals surface area contributed by atoms with Gasteiger partial charge in [-0.2, -0.15) is 0 Å². The Morgan fingerprint density at radius 3 is 2.40 bits per heavy atom. The summed E-state index contributed by atoms with van der Waals surface area (Å²) in [5, 5.41) is 12.4. The van der Waals surface area contributed by atoms with Crippen LogP contribution < -0.4 is 5.32 Å². The summed E-state index contributed by atoms with van der Waals surface area (Å²) in [6, 6.07) is 0. The lowest BCUT2D eigenvalue weighted by atomic mass is 9.89. The number of carboxylic acid groups (broad SMARTS) is 1. The Kier molecular flexibility index (Phi) is 4.68. The van der Waals surface area contributed by atoms with Crippen molar-refractivity contribution in [3.05, 3.63) is 0 Å². The van der Waals surface area contributed by atoms with E-state index in [9.17, 15) is 14.7 Å². The van der Waals surface area contributed by atoms with Gasteiger partial charge in [0.2, 0.25) is 5.91 Å². The van der Waals surface area contributed by atoms with Crippen LogP contribution in [0.4, 0.5) is 0 Å². The molecule has 3 unspecified atom stereocenters. The third kappa shape index (κ3) is 3.32. The average molecular weight is 283 g/mol. The number of ether oxygens (including phenoxy) is 1. The zero-order chi connectivity index (χ0) is 14.8. The Morgan fingerprint density at radius 2 is 1.85 bits per heavy atom. The number of aliphatic carboxylic acids is 1. The van der Waals surface area contributed by atoms with Crippen molar-refractivity contribution in [3.8, 4) is 0 Å². The molecule has 114 valence electrons. The van der Waals surface area contributed by atoms with E-state index < -0.39 is 11.9 Å². The van der Waals surface area contributed by atoms with Gasteiger partial charge in [-0.25, -0.2) is 0 Å². The Hall–Kier alpha value is -1.10. The second kappa shape index (κ2) is 6.12. The molecule has 1 aliphatic heterocycles. The number of rotatable bonds is 4. The maximum absolute atomic E-state index is 12.5. The molecule has 0 aromatic heterocycles. The highest BCUT2D eigenvalue weighted by Gasteiger charge is 2.43. The van der Waals surface area contributed by atoms with Gasteiger partial charge in [0.25, 0.3) is 0 Å². The van der Waals surface area contributed by atoms with Gasteiger partial charge in [-0.15, -0.1) is 0 Å². The van der Waals surface area contributed by atoms with Gasteiger partial charge in [-0.3, -0.25) is 9.59 Å². The van der Waals surface area contributed by atoms with Crippen molar-refractivity contribution in [3.63, 3.8) is 0 Å². The molecular formula is C15H25NO4. The predicted octanol–water partition coefficient (Wildman–Crippen LogP) is 1.81. The normalized spacial score (nSPS) is 32.8. The largest absolute Gasteiger partial charge is 0.481 e. The van der Waals surface area contributed by atoms with E-state index in [2.05, 4.69) is 12.2 Å². The monoisotopic (exact) mass is 283 g/mol. The predicted molar refractivity (Wildman–Crippen MR) is 74.2 cm³/mol. The summed E-state index contributed by atoms with van der Waals surface area (Å²) >= 11 is 0. The molecule has 1 saturated carbocycles. The van der Waals surface area contributed by atoms with Crippen LogP contribution in [-0.4, -0.2) is 35.7 Å². The van der Waals surface area contributed by atoms with Gasteiger partial charge < -0.3 is 15.2 Å². The summed E-state index contributed by atoms with van der Waals surface area (Å²) in [6.07, 6.45) is 3.86. The van der Waals surface area contributed by atoms with Crippen LogP contribution in [0.3, 0.4) is 0 Å². The average Bonchev–Trinajstić information content (AvgIpc) is 2.83. The molecule has 1 aliphatic carbocycles. The van der Waals surface area contributed by atoms with Gasteiger partial charge in [-0.1, -0.05) is 13.3 Å². The molecule has 2 rings (SSSR count). The van der Waals surface area contributed by atoms with Crippen molar-refractivity contribution >= 4 is 11.9 Å². The van der Waals surface area contributed by atoms with Crippen LogP contribution in [0.25, 0.3) is 0 Å². The van der Waals surface area contributed by atoms with Gasteiger partial charge in [0.15, 0.2) is 0 Å². The van der Waals surface area contributed by atoms with E-state index in [4.69, 9.17) is 4.74 Å². The fraction of sp³-hybridized carbons (Fsp3) is 0.867. The number of nitrogens with one attached hydrogen (secondary N) is 1. The molecule has 0 aromatic carbocycles. The number of carboxylic acids is 1. The molecule has 5 nitrogen and oxygen atoms in total. The Labute approximate surface area is 120 Å². The number of hydrogen-bond acceptors (Lipinski definition) is 3. The second-order valence-corrected chi connectivity index (χ2v) is 6.46. The van der Waals surface area contributed by atoms with Crippen LogP contribution in [0.5, 0.6) is 0 Å². The first-order valence-electron chi connectivity index (χ1n) is 7.58. The van der Waals surface area contributed by atoms with Gasteiger partial charge >= 0.3 is 5.97 Å². The summed E-state index contributed by atoms with van der Waals surface area (Å²) in [7, 11) is 0. The maximum atomic E-state index is 12.5.